The third-order valence-corrected chi connectivity index (χ3v) is 8.26. The van der Waals surface area contributed by atoms with Crippen LogP contribution >= 0.6 is 0 Å². The van der Waals surface area contributed by atoms with Crippen LogP contribution in [0.15, 0.2) is 11.6 Å². The first-order valence-corrected chi connectivity index (χ1v) is 9.04. The molecule has 0 saturated heterocycles. The Balaban J connectivity index is 1.92. The highest BCUT2D eigenvalue weighted by atomic mass is 14.7. The van der Waals surface area contributed by atoms with Crippen LogP contribution in [-0.2, 0) is 0 Å². The third-order valence-electron chi connectivity index (χ3n) is 8.26. The number of hydrogen-bond donors (Lipinski definition) is 0. The van der Waals surface area contributed by atoms with Gasteiger partial charge in [0.15, 0.2) is 0 Å². The maximum absolute atomic E-state index is 2.82. The second-order valence-electron chi connectivity index (χ2n) is 9.64. The zero-order valence-electron chi connectivity index (χ0n) is 14.1. The van der Waals surface area contributed by atoms with Gasteiger partial charge in [-0.25, -0.2) is 0 Å². The minimum absolute atomic E-state index is 0.510. The molecule has 112 valence electrons. The van der Waals surface area contributed by atoms with E-state index in [0.717, 1.165) is 23.7 Å². The van der Waals surface area contributed by atoms with E-state index in [4.69, 9.17) is 0 Å². The van der Waals surface area contributed by atoms with Crippen molar-refractivity contribution in [1.82, 2.24) is 0 Å². The lowest BCUT2D eigenvalue weighted by atomic mass is 9.51. The zero-order valence-corrected chi connectivity index (χ0v) is 14.1. The van der Waals surface area contributed by atoms with E-state index < -0.39 is 0 Å². The van der Waals surface area contributed by atoms with Gasteiger partial charge in [-0.1, -0.05) is 46.3 Å². The molecule has 1 spiro atoms. The van der Waals surface area contributed by atoms with Crippen molar-refractivity contribution in [3.63, 3.8) is 0 Å². The lowest BCUT2D eigenvalue weighted by molar-refractivity contribution is 0.0177. The Labute approximate surface area is 125 Å². The predicted molar refractivity (Wildman–Crippen MR) is 85.4 cm³/mol. The van der Waals surface area contributed by atoms with E-state index in [2.05, 4.69) is 40.7 Å². The summed E-state index contributed by atoms with van der Waals surface area (Å²) >= 11 is 0. The van der Waals surface area contributed by atoms with Crippen LogP contribution in [-0.4, -0.2) is 0 Å². The third kappa shape index (κ3) is 1.35. The Bertz CT molecular complexity index is 470. The molecule has 4 rings (SSSR count). The molecule has 6 atom stereocenters. The van der Waals surface area contributed by atoms with Crippen LogP contribution in [0.25, 0.3) is 0 Å². The van der Waals surface area contributed by atoms with Crippen LogP contribution in [0, 0.1) is 39.9 Å². The van der Waals surface area contributed by atoms with Crippen molar-refractivity contribution in [2.75, 3.05) is 0 Å². The van der Waals surface area contributed by atoms with Crippen LogP contribution in [0.2, 0.25) is 0 Å². The summed E-state index contributed by atoms with van der Waals surface area (Å²) in [5.41, 5.74) is 3.59. The first-order chi connectivity index (χ1) is 9.31. The Kier molecular flexibility index (Phi) is 2.50. The van der Waals surface area contributed by atoms with E-state index in [1.165, 1.54) is 38.5 Å². The first-order valence-electron chi connectivity index (χ1n) is 9.04. The average molecular weight is 272 g/mol. The molecular weight excluding hydrogens is 240 g/mol. The normalized spacial score (nSPS) is 56.1. The number of rotatable bonds is 0. The summed E-state index contributed by atoms with van der Waals surface area (Å²) in [7, 11) is 0. The van der Waals surface area contributed by atoms with Gasteiger partial charge >= 0.3 is 0 Å². The Morgan fingerprint density at radius 2 is 1.70 bits per heavy atom. The molecule has 0 aromatic carbocycles. The van der Waals surface area contributed by atoms with Crippen molar-refractivity contribution in [3.05, 3.63) is 11.6 Å². The molecule has 3 fully saturated rings. The average Bonchev–Trinajstić information content (AvgIpc) is 2.94. The molecule has 3 saturated carbocycles. The molecule has 4 aliphatic carbocycles. The van der Waals surface area contributed by atoms with E-state index in [0.29, 0.717) is 16.2 Å². The summed E-state index contributed by atoms with van der Waals surface area (Å²) in [4.78, 5) is 0. The topological polar surface area (TPSA) is 0 Å². The van der Waals surface area contributed by atoms with Gasteiger partial charge in [0.25, 0.3) is 0 Å². The molecule has 4 aliphatic rings. The predicted octanol–water partition coefficient (Wildman–Crippen LogP) is 5.83. The van der Waals surface area contributed by atoms with Gasteiger partial charge in [-0.3, -0.25) is 0 Å². The molecule has 0 heteroatoms. The molecule has 0 aliphatic heterocycles. The highest BCUT2D eigenvalue weighted by Gasteiger charge is 2.65. The Morgan fingerprint density at radius 3 is 2.45 bits per heavy atom. The Morgan fingerprint density at radius 1 is 0.950 bits per heavy atom. The molecule has 0 aromatic rings. The number of hydrogen-bond acceptors (Lipinski definition) is 0. The summed E-state index contributed by atoms with van der Waals surface area (Å²) in [5, 5.41) is 0. The molecule has 0 aromatic heterocycles. The van der Waals surface area contributed by atoms with E-state index in [-0.39, 0.29) is 0 Å². The van der Waals surface area contributed by atoms with Crippen LogP contribution in [0.4, 0.5) is 0 Å². The van der Waals surface area contributed by atoms with Crippen molar-refractivity contribution in [2.45, 2.75) is 73.1 Å². The molecule has 0 unspecified atom stereocenters. The summed E-state index contributed by atoms with van der Waals surface area (Å²) in [6, 6.07) is 0. The molecule has 0 bridgehead atoms. The maximum Gasteiger partial charge on any atom is -0.00280 e. The van der Waals surface area contributed by atoms with Crippen LogP contribution in [0.5, 0.6) is 0 Å². The van der Waals surface area contributed by atoms with Gasteiger partial charge in [0.1, 0.15) is 0 Å². The van der Waals surface area contributed by atoms with Crippen LogP contribution in [0.3, 0.4) is 0 Å². The molecule has 0 heterocycles. The minimum atomic E-state index is 0.510. The quantitative estimate of drug-likeness (QED) is 0.487. The van der Waals surface area contributed by atoms with Gasteiger partial charge in [-0.15, -0.1) is 0 Å². The fourth-order valence-corrected chi connectivity index (χ4v) is 7.51. The summed E-state index contributed by atoms with van der Waals surface area (Å²) < 4.78 is 0. The van der Waals surface area contributed by atoms with Crippen molar-refractivity contribution in [3.8, 4) is 0 Å². The van der Waals surface area contributed by atoms with Crippen LogP contribution < -0.4 is 0 Å². The van der Waals surface area contributed by atoms with E-state index in [1.807, 2.05) is 5.57 Å². The summed E-state index contributed by atoms with van der Waals surface area (Å²) in [6.07, 6.45) is 11.6. The maximum atomic E-state index is 2.82. The summed E-state index contributed by atoms with van der Waals surface area (Å²) in [5.74, 6) is 3.73. The molecule has 0 radical (unpaired) electrons. The van der Waals surface area contributed by atoms with E-state index in [9.17, 15) is 0 Å². The second-order valence-corrected chi connectivity index (χ2v) is 9.64. The van der Waals surface area contributed by atoms with Gasteiger partial charge in [-0.05, 0) is 78.4 Å². The number of allylic oxidation sites excluding steroid dienone is 2. The van der Waals surface area contributed by atoms with Crippen molar-refractivity contribution in [1.29, 1.82) is 0 Å². The van der Waals surface area contributed by atoms with Crippen molar-refractivity contribution in [2.24, 2.45) is 39.9 Å². The van der Waals surface area contributed by atoms with Crippen LogP contribution in [0.1, 0.15) is 73.1 Å². The molecule has 0 amide bonds. The van der Waals surface area contributed by atoms with Gasteiger partial charge in [-0.2, -0.15) is 0 Å². The van der Waals surface area contributed by atoms with Crippen molar-refractivity contribution < 1.29 is 0 Å². The monoisotopic (exact) mass is 272 g/mol. The molecule has 20 heavy (non-hydrogen) atoms. The zero-order chi connectivity index (χ0) is 14.3. The Hall–Kier alpha value is -0.260. The fourth-order valence-electron chi connectivity index (χ4n) is 7.51. The molecule has 0 N–H and O–H groups in total. The molecule has 0 nitrogen and oxygen atoms in total. The van der Waals surface area contributed by atoms with Gasteiger partial charge in [0.2, 0.25) is 0 Å². The van der Waals surface area contributed by atoms with Crippen molar-refractivity contribution >= 4 is 0 Å². The van der Waals surface area contributed by atoms with E-state index >= 15 is 0 Å². The fraction of sp³-hybridized carbons (Fsp3) is 0.900. The SMILES string of the molecule is C[C@H]1CC[C@@]23C1=C[C@@]1(C)CCC(C)(C)[C@H]1[C@@H]2CC[C@@H]3C. The van der Waals surface area contributed by atoms with Gasteiger partial charge in [0, 0.05) is 0 Å². The lowest BCUT2D eigenvalue weighted by Gasteiger charge is -2.53. The highest BCUT2D eigenvalue weighted by Crippen LogP contribution is 2.74. The first kappa shape index (κ1) is 13.4. The van der Waals surface area contributed by atoms with Gasteiger partial charge < -0.3 is 0 Å². The van der Waals surface area contributed by atoms with Gasteiger partial charge in [0.05, 0.1) is 0 Å². The number of fused-ring (bicyclic) bond motifs is 2. The lowest BCUT2D eigenvalue weighted by Crippen LogP contribution is -2.47. The standard InChI is InChI=1S/C20H32/c1-13-8-9-20-14(2)6-7-15(20)17-18(3,4)10-11-19(17,5)12-16(13)20/h12-15,17H,6-11H2,1-5H3/t13-,14-,15-,17+,19+,20-/m0/s1. The molecular formula is C20H32. The second kappa shape index (κ2) is 3.73. The minimum Gasteiger partial charge on any atom is -0.0782 e. The highest BCUT2D eigenvalue weighted by molar-refractivity contribution is 5.35. The smallest absolute Gasteiger partial charge is 0.00280 e. The largest absolute Gasteiger partial charge is 0.0782 e. The van der Waals surface area contributed by atoms with E-state index in [1.54, 1.807) is 0 Å². The summed E-state index contributed by atoms with van der Waals surface area (Å²) in [6.45, 7) is 12.8.